The monoisotopic (exact) mass is 382 g/mol. The molecule has 4 rings (SSSR count). The molecule has 8 heteroatoms. The molecule has 0 spiro atoms. The van der Waals surface area contributed by atoms with Gasteiger partial charge in [0.15, 0.2) is 4.77 Å². The molecule has 3 nitrogen and oxygen atoms in total. The Morgan fingerprint density at radius 3 is 2.72 bits per heavy atom. The van der Waals surface area contributed by atoms with Crippen LogP contribution in [0.25, 0.3) is 15.9 Å². The molecule has 1 aromatic carbocycles. The molecule has 0 radical (unpaired) electrons. The lowest BCUT2D eigenvalue weighted by Gasteiger charge is -2.12. The predicted octanol–water partition coefficient (Wildman–Crippen LogP) is 5.01. The number of H-pyrrole nitrogens is 1. The Morgan fingerprint density at radius 2 is 1.96 bits per heavy atom. The fourth-order valence-electron chi connectivity index (χ4n) is 3.29. The van der Waals surface area contributed by atoms with E-state index >= 15 is 0 Å². The summed E-state index contributed by atoms with van der Waals surface area (Å²) < 4.78 is 40.2. The number of fused-ring (bicyclic) bond motifs is 3. The predicted molar refractivity (Wildman–Crippen MR) is 94.3 cm³/mol. The van der Waals surface area contributed by atoms with Gasteiger partial charge in [0.2, 0.25) is 0 Å². The molecule has 0 fully saturated rings. The van der Waals surface area contributed by atoms with E-state index in [-0.39, 0.29) is 16.0 Å². The number of hydrogen-bond acceptors (Lipinski definition) is 3. The van der Waals surface area contributed by atoms with Crippen molar-refractivity contribution in [3.05, 3.63) is 55.4 Å². The van der Waals surface area contributed by atoms with Gasteiger partial charge >= 0.3 is 6.18 Å². The summed E-state index contributed by atoms with van der Waals surface area (Å²) in [6.45, 7) is 0. The van der Waals surface area contributed by atoms with Gasteiger partial charge in [-0.1, -0.05) is 6.07 Å². The molecule has 0 saturated carbocycles. The standard InChI is InChI=1S/C17H13F3N2OS2/c18-17(19,20)9-4-3-5-10(8-9)22-15(23)13-11-6-1-2-7-12(11)25-14(13)21-16(22)24/h3-5,8H,1-2,6-7H2,(H,21,24). The van der Waals surface area contributed by atoms with E-state index in [1.54, 1.807) is 0 Å². The number of nitrogens with one attached hydrogen (secondary N) is 1. The van der Waals surface area contributed by atoms with E-state index in [1.165, 1.54) is 28.3 Å². The van der Waals surface area contributed by atoms with E-state index in [9.17, 15) is 18.0 Å². The SMILES string of the molecule is O=c1c2c3c(sc2[nH]c(=S)n1-c1cccc(C(F)(F)F)c1)CCCC3. The van der Waals surface area contributed by atoms with Crippen molar-refractivity contribution in [2.24, 2.45) is 0 Å². The van der Waals surface area contributed by atoms with Gasteiger partial charge in [0, 0.05) is 4.88 Å². The second-order valence-corrected chi connectivity index (χ2v) is 7.53. The van der Waals surface area contributed by atoms with Crippen LogP contribution in [0.4, 0.5) is 13.2 Å². The third kappa shape index (κ3) is 2.73. The van der Waals surface area contributed by atoms with Crippen LogP contribution in [0, 0.1) is 4.77 Å². The van der Waals surface area contributed by atoms with E-state index in [0.29, 0.717) is 10.2 Å². The highest BCUT2D eigenvalue weighted by molar-refractivity contribution is 7.71. The van der Waals surface area contributed by atoms with Gasteiger partial charge < -0.3 is 4.98 Å². The second-order valence-electron chi connectivity index (χ2n) is 6.03. The van der Waals surface area contributed by atoms with Gasteiger partial charge in [-0.25, -0.2) is 0 Å². The number of benzene rings is 1. The third-order valence-corrected chi connectivity index (χ3v) is 5.94. The molecule has 2 heterocycles. The van der Waals surface area contributed by atoms with Gasteiger partial charge in [-0.3, -0.25) is 9.36 Å². The average molecular weight is 382 g/mol. The van der Waals surface area contributed by atoms with Gasteiger partial charge in [0.25, 0.3) is 5.56 Å². The smallest absolute Gasteiger partial charge is 0.323 e. The Morgan fingerprint density at radius 1 is 1.20 bits per heavy atom. The van der Waals surface area contributed by atoms with E-state index < -0.39 is 11.7 Å². The van der Waals surface area contributed by atoms with Crippen LogP contribution in [0.2, 0.25) is 0 Å². The largest absolute Gasteiger partial charge is 0.416 e. The zero-order valence-corrected chi connectivity index (χ0v) is 14.6. The number of rotatable bonds is 1. The maximum absolute atomic E-state index is 13.0. The Bertz CT molecular complexity index is 1090. The van der Waals surface area contributed by atoms with Crippen LogP contribution in [0.5, 0.6) is 0 Å². The number of halogens is 3. The van der Waals surface area contributed by atoms with E-state index in [4.69, 9.17) is 12.2 Å². The van der Waals surface area contributed by atoms with Crippen molar-refractivity contribution < 1.29 is 13.2 Å². The minimum absolute atomic E-state index is 0.107. The first kappa shape index (κ1) is 16.5. The van der Waals surface area contributed by atoms with Crippen LogP contribution in [0.1, 0.15) is 28.8 Å². The molecule has 1 aliphatic rings. The molecule has 0 saturated heterocycles. The van der Waals surface area contributed by atoms with E-state index in [1.807, 2.05) is 0 Å². The molecule has 0 aliphatic heterocycles. The molecule has 25 heavy (non-hydrogen) atoms. The van der Waals surface area contributed by atoms with E-state index in [2.05, 4.69) is 4.98 Å². The van der Waals surface area contributed by atoms with Gasteiger partial charge in [0.1, 0.15) is 4.83 Å². The molecule has 0 unspecified atom stereocenters. The first-order valence-corrected chi connectivity index (χ1v) is 9.06. The summed E-state index contributed by atoms with van der Waals surface area (Å²) in [6.07, 6.45) is -0.632. The summed E-state index contributed by atoms with van der Waals surface area (Å²) in [5, 5.41) is 0.561. The molecular formula is C17H13F3N2OS2. The van der Waals surface area contributed by atoms with Gasteiger partial charge in [-0.15, -0.1) is 11.3 Å². The summed E-state index contributed by atoms with van der Waals surface area (Å²) in [5.74, 6) is 0. The van der Waals surface area contributed by atoms with Crippen molar-refractivity contribution in [1.29, 1.82) is 0 Å². The first-order valence-electron chi connectivity index (χ1n) is 7.83. The number of aromatic amines is 1. The highest BCUT2D eigenvalue weighted by Gasteiger charge is 2.31. The minimum atomic E-state index is -4.48. The highest BCUT2D eigenvalue weighted by atomic mass is 32.1. The topological polar surface area (TPSA) is 37.8 Å². The Hall–Kier alpha value is -1.93. The number of thiophene rings is 1. The van der Waals surface area contributed by atoms with Crippen molar-refractivity contribution in [2.45, 2.75) is 31.9 Å². The number of alkyl halides is 3. The zero-order chi connectivity index (χ0) is 17.8. The zero-order valence-electron chi connectivity index (χ0n) is 12.9. The quantitative estimate of drug-likeness (QED) is 0.601. The molecule has 0 amide bonds. The lowest BCUT2D eigenvalue weighted by Crippen LogP contribution is -2.21. The van der Waals surface area contributed by atoms with Crippen LogP contribution >= 0.6 is 23.6 Å². The summed E-state index contributed by atoms with van der Waals surface area (Å²) in [5.41, 5.74) is -0.0156. The molecule has 1 N–H and O–H groups in total. The Balaban J connectivity index is 2.00. The summed E-state index contributed by atoms with van der Waals surface area (Å²) >= 11 is 6.78. The summed E-state index contributed by atoms with van der Waals surface area (Å²) in [6, 6.07) is 4.68. The van der Waals surface area contributed by atoms with Crippen molar-refractivity contribution in [1.82, 2.24) is 9.55 Å². The maximum atomic E-state index is 13.0. The van der Waals surface area contributed by atoms with E-state index in [0.717, 1.165) is 47.9 Å². The number of hydrogen-bond donors (Lipinski definition) is 1. The molecule has 3 aromatic rings. The molecule has 130 valence electrons. The average Bonchev–Trinajstić information content (AvgIpc) is 2.92. The van der Waals surface area contributed by atoms with Crippen molar-refractivity contribution in [3.63, 3.8) is 0 Å². The van der Waals surface area contributed by atoms with Crippen LogP contribution < -0.4 is 5.56 Å². The normalized spacial score (nSPS) is 14.7. The minimum Gasteiger partial charge on any atom is -0.323 e. The molecule has 0 bridgehead atoms. The lowest BCUT2D eigenvalue weighted by atomic mass is 9.97. The lowest BCUT2D eigenvalue weighted by molar-refractivity contribution is -0.137. The molecule has 1 aliphatic carbocycles. The summed E-state index contributed by atoms with van der Waals surface area (Å²) in [4.78, 5) is 18.0. The molecular weight excluding hydrogens is 369 g/mol. The number of aromatic nitrogens is 2. The fourth-order valence-corrected chi connectivity index (χ4v) is 4.93. The van der Waals surface area contributed by atoms with Gasteiger partial charge in [-0.2, -0.15) is 13.2 Å². The van der Waals surface area contributed by atoms with Crippen molar-refractivity contribution in [2.75, 3.05) is 0 Å². The van der Waals surface area contributed by atoms with Gasteiger partial charge in [-0.05, 0) is 61.7 Å². The first-order chi connectivity index (χ1) is 11.9. The highest BCUT2D eigenvalue weighted by Crippen LogP contribution is 2.34. The van der Waals surface area contributed by atoms with Crippen LogP contribution in [-0.2, 0) is 19.0 Å². The van der Waals surface area contributed by atoms with Crippen LogP contribution in [0.3, 0.4) is 0 Å². The fraction of sp³-hybridized carbons (Fsp3) is 0.294. The number of nitrogens with zero attached hydrogens (tertiary/aromatic N) is 1. The Kier molecular flexibility index (Phi) is 3.84. The van der Waals surface area contributed by atoms with Crippen LogP contribution in [-0.4, -0.2) is 9.55 Å². The van der Waals surface area contributed by atoms with Crippen molar-refractivity contribution >= 4 is 33.8 Å². The molecule has 2 aromatic heterocycles. The summed E-state index contributed by atoms with van der Waals surface area (Å²) in [7, 11) is 0. The molecule has 0 atom stereocenters. The van der Waals surface area contributed by atoms with Crippen molar-refractivity contribution in [3.8, 4) is 5.69 Å². The van der Waals surface area contributed by atoms with Gasteiger partial charge in [0.05, 0.1) is 16.6 Å². The number of aryl methyl sites for hydroxylation is 2. The van der Waals surface area contributed by atoms with Crippen LogP contribution in [0.15, 0.2) is 29.1 Å². The third-order valence-electron chi connectivity index (χ3n) is 4.44. The Labute approximate surface area is 149 Å². The maximum Gasteiger partial charge on any atom is 0.416 e. The second kappa shape index (κ2) is 5.81.